The lowest BCUT2D eigenvalue weighted by molar-refractivity contribution is -0.346. The Morgan fingerprint density at radius 2 is 1.78 bits per heavy atom. The van der Waals surface area contributed by atoms with Crippen LogP contribution in [0, 0.1) is 5.41 Å². The van der Waals surface area contributed by atoms with Gasteiger partial charge in [-0.15, -0.1) is 0 Å². The van der Waals surface area contributed by atoms with Crippen molar-refractivity contribution in [2.24, 2.45) is 5.41 Å². The highest BCUT2D eigenvalue weighted by atomic mass is 17.2. The number of hydrogen-bond donors (Lipinski definition) is 0. The molecule has 0 amide bonds. The van der Waals surface area contributed by atoms with Gasteiger partial charge in [0, 0.05) is 0 Å². The molecule has 0 bridgehead atoms. The van der Waals surface area contributed by atoms with Crippen LogP contribution in [-0.4, -0.2) is 6.61 Å². The molecule has 102 valence electrons. The average Bonchev–Trinajstić information content (AvgIpc) is 2.39. The Hall–Kier alpha value is -0.860. The van der Waals surface area contributed by atoms with E-state index in [1.165, 1.54) is 5.56 Å². The van der Waals surface area contributed by atoms with Crippen LogP contribution in [0.2, 0.25) is 0 Å². The van der Waals surface area contributed by atoms with Crippen LogP contribution in [0.25, 0.3) is 0 Å². The van der Waals surface area contributed by atoms with Crippen LogP contribution in [-0.2, 0) is 9.78 Å². The molecular formula is C16H26O2. The van der Waals surface area contributed by atoms with Gasteiger partial charge < -0.3 is 0 Å². The zero-order valence-electron chi connectivity index (χ0n) is 12.1. The first-order chi connectivity index (χ1) is 8.61. The quantitative estimate of drug-likeness (QED) is 0.370. The summed E-state index contributed by atoms with van der Waals surface area (Å²) in [6.07, 6.45) is 3.19. The summed E-state index contributed by atoms with van der Waals surface area (Å²) in [5, 5.41) is 0. The lowest BCUT2D eigenvalue weighted by Gasteiger charge is -2.32. The molecule has 0 spiro atoms. The third-order valence-corrected chi connectivity index (χ3v) is 3.47. The highest BCUT2D eigenvalue weighted by molar-refractivity contribution is 5.19. The molecule has 2 heteroatoms. The minimum Gasteiger partial charge on any atom is -0.236 e. The first-order valence-corrected chi connectivity index (χ1v) is 6.95. The molecule has 0 aliphatic heterocycles. The second-order valence-corrected chi connectivity index (χ2v) is 5.40. The van der Waals surface area contributed by atoms with E-state index in [2.05, 4.69) is 39.8 Å². The van der Waals surface area contributed by atoms with Crippen LogP contribution in [0.1, 0.15) is 58.6 Å². The van der Waals surface area contributed by atoms with Crippen LogP contribution < -0.4 is 0 Å². The predicted molar refractivity (Wildman–Crippen MR) is 75.2 cm³/mol. The first-order valence-electron chi connectivity index (χ1n) is 6.95. The fourth-order valence-corrected chi connectivity index (χ4v) is 1.77. The predicted octanol–water partition coefficient (Wildman–Crippen LogP) is 4.91. The van der Waals surface area contributed by atoms with Gasteiger partial charge in [0.2, 0.25) is 0 Å². The molecule has 18 heavy (non-hydrogen) atoms. The Morgan fingerprint density at radius 1 is 1.11 bits per heavy atom. The highest BCUT2D eigenvalue weighted by Crippen LogP contribution is 2.39. The molecule has 0 radical (unpaired) electrons. The maximum atomic E-state index is 5.69. The summed E-state index contributed by atoms with van der Waals surface area (Å²) < 4.78 is 0. The molecule has 0 N–H and O–H groups in total. The molecule has 1 aromatic rings. The Kier molecular flexibility index (Phi) is 6.37. The maximum absolute atomic E-state index is 5.69. The lowest BCUT2D eigenvalue weighted by Crippen LogP contribution is -2.24. The van der Waals surface area contributed by atoms with Crippen molar-refractivity contribution >= 4 is 0 Å². The Morgan fingerprint density at radius 3 is 2.33 bits per heavy atom. The molecule has 0 aliphatic rings. The standard InChI is InChI=1S/C16H26O2/c1-5-7-13-17-18-15(16(3,4)6-2)14-11-9-8-10-12-14/h8-12,15H,5-7,13H2,1-4H3. The first kappa shape index (κ1) is 15.2. The van der Waals surface area contributed by atoms with Gasteiger partial charge in [0.05, 0.1) is 6.61 Å². The third kappa shape index (κ3) is 4.43. The molecule has 0 fully saturated rings. The van der Waals surface area contributed by atoms with E-state index < -0.39 is 0 Å². The molecule has 0 aromatic heterocycles. The number of unbranched alkanes of at least 4 members (excludes halogenated alkanes) is 1. The normalized spacial score (nSPS) is 13.6. The monoisotopic (exact) mass is 250 g/mol. The van der Waals surface area contributed by atoms with Crippen molar-refractivity contribution in [1.29, 1.82) is 0 Å². The van der Waals surface area contributed by atoms with Gasteiger partial charge in [0.1, 0.15) is 6.10 Å². The van der Waals surface area contributed by atoms with Gasteiger partial charge in [-0.2, -0.15) is 0 Å². The molecule has 0 aliphatic carbocycles. The van der Waals surface area contributed by atoms with Crippen LogP contribution in [0.15, 0.2) is 30.3 Å². The van der Waals surface area contributed by atoms with Crippen molar-refractivity contribution in [3.05, 3.63) is 35.9 Å². The van der Waals surface area contributed by atoms with E-state index in [4.69, 9.17) is 9.78 Å². The number of rotatable bonds is 8. The highest BCUT2D eigenvalue weighted by Gasteiger charge is 2.31. The smallest absolute Gasteiger partial charge is 0.123 e. The minimum absolute atomic E-state index is 0.0134. The van der Waals surface area contributed by atoms with E-state index in [9.17, 15) is 0 Å². The van der Waals surface area contributed by atoms with Crippen LogP contribution >= 0.6 is 0 Å². The van der Waals surface area contributed by atoms with Gasteiger partial charge >= 0.3 is 0 Å². The van der Waals surface area contributed by atoms with Crippen molar-refractivity contribution < 1.29 is 9.78 Å². The zero-order valence-corrected chi connectivity index (χ0v) is 12.1. The summed E-state index contributed by atoms with van der Waals surface area (Å²) in [6.45, 7) is 9.43. The summed E-state index contributed by atoms with van der Waals surface area (Å²) in [5.41, 5.74) is 1.24. The molecular weight excluding hydrogens is 224 g/mol. The second-order valence-electron chi connectivity index (χ2n) is 5.40. The summed E-state index contributed by atoms with van der Waals surface area (Å²) in [7, 11) is 0. The van der Waals surface area contributed by atoms with Crippen molar-refractivity contribution in [3.63, 3.8) is 0 Å². The summed E-state index contributed by atoms with van der Waals surface area (Å²) in [4.78, 5) is 11.1. The van der Waals surface area contributed by atoms with Crippen LogP contribution in [0.5, 0.6) is 0 Å². The molecule has 0 saturated carbocycles. The third-order valence-electron chi connectivity index (χ3n) is 3.47. The van der Waals surface area contributed by atoms with Gasteiger partial charge in [-0.1, -0.05) is 64.4 Å². The maximum Gasteiger partial charge on any atom is 0.123 e. The Balaban J connectivity index is 2.70. The van der Waals surface area contributed by atoms with E-state index in [0.717, 1.165) is 19.3 Å². The molecule has 0 saturated heterocycles. The van der Waals surface area contributed by atoms with E-state index in [1.807, 2.05) is 18.2 Å². The van der Waals surface area contributed by atoms with Gasteiger partial charge in [-0.3, -0.25) is 0 Å². The summed E-state index contributed by atoms with van der Waals surface area (Å²) in [6, 6.07) is 10.3. The van der Waals surface area contributed by atoms with E-state index in [0.29, 0.717) is 6.61 Å². The number of hydrogen-bond acceptors (Lipinski definition) is 2. The van der Waals surface area contributed by atoms with Crippen LogP contribution in [0.3, 0.4) is 0 Å². The second kappa shape index (κ2) is 7.55. The van der Waals surface area contributed by atoms with E-state index >= 15 is 0 Å². The summed E-state index contributed by atoms with van der Waals surface area (Å²) >= 11 is 0. The fourth-order valence-electron chi connectivity index (χ4n) is 1.77. The fraction of sp³-hybridized carbons (Fsp3) is 0.625. The van der Waals surface area contributed by atoms with E-state index in [-0.39, 0.29) is 11.5 Å². The molecule has 1 atom stereocenters. The number of benzene rings is 1. The van der Waals surface area contributed by atoms with Crippen molar-refractivity contribution in [2.45, 2.75) is 53.1 Å². The Bertz CT molecular complexity index is 319. The van der Waals surface area contributed by atoms with Gasteiger partial charge in [-0.05, 0) is 23.8 Å². The van der Waals surface area contributed by atoms with Crippen LogP contribution in [0.4, 0.5) is 0 Å². The van der Waals surface area contributed by atoms with Crippen molar-refractivity contribution in [2.75, 3.05) is 6.61 Å². The van der Waals surface area contributed by atoms with Crippen molar-refractivity contribution in [3.8, 4) is 0 Å². The van der Waals surface area contributed by atoms with E-state index in [1.54, 1.807) is 0 Å². The largest absolute Gasteiger partial charge is 0.236 e. The molecule has 1 unspecified atom stereocenters. The zero-order chi connectivity index (χ0) is 13.4. The molecule has 1 rings (SSSR count). The van der Waals surface area contributed by atoms with Gasteiger partial charge in [-0.25, -0.2) is 9.78 Å². The lowest BCUT2D eigenvalue weighted by atomic mass is 9.80. The topological polar surface area (TPSA) is 18.5 Å². The van der Waals surface area contributed by atoms with Gasteiger partial charge in [0.25, 0.3) is 0 Å². The van der Waals surface area contributed by atoms with Crippen molar-refractivity contribution in [1.82, 2.24) is 0 Å². The molecule has 0 heterocycles. The summed E-state index contributed by atoms with van der Waals surface area (Å²) in [5.74, 6) is 0. The molecule has 1 aromatic carbocycles. The average molecular weight is 250 g/mol. The minimum atomic E-state index is -0.0134. The SMILES string of the molecule is CCCCOOC(c1ccccc1)C(C)(C)CC. The van der Waals surface area contributed by atoms with Gasteiger partial charge in [0.15, 0.2) is 0 Å². The molecule has 2 nitrogen and oxygen atoms in total. The Labute approximate surface area is 111 Å².